The number of ether oxygens (including phenoxy) is 1. The number of carboxylic acid groups (broad SMARTS) is 1. The highest BCUT2D eigenvalue weighted by Crippen LogP contribution is 2.25. The van der Waals surface area contributed by atoms with Crippen molar-refractivity contribution < 1.29 is 19.4 Å². The first-order chi connectivity index (χ1) is 10.6. The van der Waals surface area contributed by atoms with Crippen molar-refractivity contribution in [2.75, 3.05) is 7.11 Å². The van der Waals surface area contributed by atoms with Gasteiger partial charge in [-0.05, 0) is 18.2 Å². The highest BCUT2D eigenvalue weighted by molar-refractivity contribution is 6.10. The molecule has 1 heterocycles. The molecule has 0 unspecified atom stereocenters. The Hall–Kier alpha value is -3.08. The van der Waals surface area contributed by atoms with E-state index in [4.69, 9.17) is 4.74 Å². The van der Waals surface area contributed by atoms with Gasteiger partial charge in [-0.2, -0.15) is 0 Å². The molecule has 0 bridgehead atoms. The first kappa shape index (κ1) is 13.9. The van der Waals surface area contributed by atoms with Crippen molar-refractivity contribution in [3.05, 3.63) is 65.9 Å². The van der Waals surface area contributed by atoms with E-state index in [1.54, 1.807) is 48.5 Å². The van der Waals surface area contributed by atoms with Crippen LogP contribution in [0.1, 0.15) is 20.7 Å². The van der Waals surface area contributed by atoms with Gasteiger partial charge in [0.1, 0.15) is 5.75 Å². The number of hydrogen-bond acceptors (Lipinski definition) is 3. The molecule has 0 aliphatic rings. The molecule has 0 fully saturated rings. The molecule has 1 aromatic heterocycles. The quantitative estimate of drug-likeness (QED) is 0.806. The van der Waals surface area contributed by atoms with Gasteiger partial charge in [0.25, 0.3) is 5.91 Å². The zero-order valence-corrected chi connectivity index (χ0v) is 11.8. The van der Waals surface area contributed by atoms with E-state index in [1.807, 2.05) is 0 Å². The van der Waals surface area contributed by atoms with Gasteiger partial charge < -0.3 is 9.84 Å². The Morgan fingerprint density at radius 2 is 1.68 bits per heavy atom. The zero-order chi connectivity index (χ0) is 15.7. The van der Waals surface area contributed by atoms with Gasteiger partial charge in [-0.3, -0.25) is 9.36 Å². The first-order valence-corrected chi connectivity index (χ1v) is 6.64. The van der Waals surface area contributed by atoms with Crippen LogP contribution in [0, 0.1) is 0 Å². The summed E-state index contributed by atoms with van der Waals surface area (Å²) < 4.78 is 6.55. The molecule has 0 spiro atoms. The van der Waals surface area contributed by atoms with Crippen LogP contribution in [0.2, 0.25) is 0 Å². The molecular formula is C17H13NO4. The molecule has 0 saturated carbocycles. The van der Waals surface area contributed by atoms with E-state index in [9.17, 15) is 14.7 Å². The number of para-hydroxylation sites is 2. The fourth-order valence-corrected chi connectivity index (χ4v) is 2.47. The topological polar surface area (TPSA) is 68.5 Å². The smallest absolute Gasteiger partial charge is 0.337 e. The molecule has 0 aliphatic carbocycles. The Bertz CT molecular complexity index is 879. The summed E-state index contributed by atoms with van der Waals surface area (Å²) in [7, 11) is 1.49. The molecule has 110 valence electrons. The number of methoxy groups -OCH3 is 1. The third-order valence-corrected chi connectivity index (χ3v) is 3.50. The second-order valence-corrected chi connectivity index (χ2v) is 4.74. The maximum atomic E-state index is 12.8. The standard InChI is InChI=1S/C17H13NO4/c1-22-15-9-5-3-7-12(15)16(19)18-10-13(17(20)21)11-6-2-4-8-14(11)18/h2-10H,1H3,(H,20,21). The molecule has 5 nitrogen and oxygen atoms in total. The van der Waals surface area contributed by atoms with Crippen molar-refractivity contribution in [3.8, 4) is 5.75 Å². The van der Waals surface area contributed by atoms with Crippen molar-refractivity contribution in [3.63, 3.8) is 0 Å². The van der Waals surface area contributed by atoms with Gasteiger partial charge in [0.05, 0.1) is 23.8 Å². The number of rotatable bonds is 3. The highest BCUT2D eigenvalue weighted by Gasteiger charge is 2.20. The van der Waals surface area contributed by atoms with Crippen molar-refractivity contribution in [2.24, 2.45) is 0 Å². The third kappa shape index (κ3) is 2.13. The molecule has 2 aromatic carbocycles. The van der Waals surface area contributed by atoms with Gasteiger partial charge >= 0.3 is 5.97 Å². The minimum Gasteiger partial charge on any atom is -0.496 e. The summed E-state index contributed by atoms with van der Waals surface area (Å²) in [6.45, 7) is 0. The summed E-state index contributed by atoms with van der Waals surface area (Å²) in [5.41, 5.74) is 1.03. The van der Waals surface area contributed by atoms with Crippen LogP contribution in [0.4, 0.5) is 0 Å². The van der Waals surface area contributed by atoms with E-state index >= 15 is 0 Å². The van der Waals surface area contributed by atoms with Crippen LogP contribution in [0.3, 0.4) is 0 Å². The lowest BCUT2D eigenvalue weighted by molar-refractivity contribution is 0.0699. The van der Waals surface area contributed by atoms with E-state index in [2.05, 4.69) is 0 Å². The molecule has 0 aliphatic heterocycles. The van der Waals surface area contributed by atoms with Gasteiger partial charge in [0.15, 0.2) is 0 Å². The van der Waals surface area contributed by atoms with Crippen molar-refractivity contribution >= 4 is 22.8 Å². The normalized spacial score (nSPS) is 10.6. The number of fused-ring (bicyclic) bond motifs is 1. The Morgan fingerprint density at radius 1 is 1.00 bits per heavy atom. The fraction of sp³-hybridized carbons (Fsp3) is 0.0588. The summed E-state index contributed by atoms with van der Waals surface area (Å²) in [6.07, 6.45) is 1.35. The van der Waals surface area contributed by atoms with Crippen LogP contribution in [0.5, 0.6) is 5.75 Å². The van der Waals surface area contributed by atoms with E-state index in [1.165, 1.54) is 17.9 Å². The van der Waals surface area contributed by atoms with Crippen LogP contribution in [-0.2, 0) is 0 Å². The molecule has 5 heteroatoms. The number of aromatic nitrogens is 1. The lowest BCUT2D eigenvalue weighted by atomic mass is 10.1. The van der Waals surface area contributed by atoms with Crippen LogP contribution in [0.15, 0.2) is 54.7 Å². The Morgan fingerprint density at radius 3 is 2.41 bits per heavy atom. The molecule has 22 heavy (non-hydrogen) atoms. The lowest BCUT2D eigenvalue weighted by Crippen LogP contribution is -2.12. The second kappa shape index (κ2) is 5.37. The maximum Gasteiger partial charge on any atom is 0.337 e. The van der Waals surface area contributed by atoms with Gasteiger partial charge in [-0.1, -0.05) is 30.3 Å². The number of aromatic carboxylic acids is 1. The van der Waals surface area contributed by atoms with Gasteiger partial charge in [0.2, 0.25) is 0 Å². The van der Waals surface area contributed by atoms with Crippen molar-refractivity contribution in [1.82, 2.24) is 4.57 Å². The molecular weight excluding hydrogens is 282 g/mol. The largest absolute Gasteiger partial charge is 0.496 e. The number of nitrogens with zero attached hydrogens (tertiary/aromatic N) is 1. The number of hydrogen-bond donors (Lipinski definition) is 1. The molecule has 3 aromatic rings. The molecule has 1 N–H and O–H groups in total. The summed E-state index contributed by atoms with van der Waals surface area (Å²) in [5, 5.41) is 9.83. The van der Waals surface area contributed by atoms with Gasteiger partial charge in [-0.25, -0.2) is 4.79 Å². The van der Waals surface area contributed by atoms with Crippen LogP contribution < -0.4 is 4.74 Å². The predicted octanol–water partition coefficient (Wildman–Crippen LogP) is 3.04. The first-order valence-electron chi connectivity index (χ1n) is 6.64. The number of carbonyl (C=O) groups excluding carboxylic acids is 1. The average molecular weight is 295 g/mol. The van der Waals surface area contributed by atoms with Gasteiger partial charge in [-0.15, -0.1) is 0 Å². The molecule has 0 radical (unpaired) electrons. The zero-order valence-electron chi connectivity index (χ0n) is 11.8. The van der Waals surface area contributed by atoms with Crippen molar-refractivity contribution in [1.29, 1.82) is 0 Å². The fourth-order valence-electron chi connectivity index (χ4n) is 2.47. The van der Waals surface area contributed by atoms with E-state index < -0.39 is 5.97 Å². The van der Waals surface area contributed by atoms with E-state index in [-0.39, 0.29) is 11.5 Å². The third-order valence-electron chi connectivity index (χ3n) is 3.50. The SMILES string of the molecule is COc1ccccc1C(=O)n1cc(C(=O)O)c2ccccc21. The van der Waals surface area contributed by atoms with Gasteiger partial charge in [0, 0.05) is 11.6 Å². The lowest BCUT2D eigenvalue weighted by Gasteiger charge is -2.08. The molecule has 0 saturated heterocycles. The monoisotopic (exact) mass is 295 g/mol. The Kier molecular flexibility index (Phi) is 3.39. The average Bonchev–Trinajstić information content (AvgIpc) is 2.94. The maximum absolute atomic E-state index is 12.8. The number of benzene rings is 2. The Labute approximate surface area is 126 Å². The summed E-state index contributed by atoms with van der Waals surface area (Å²) in [4.78, 5) is 24.1. The summed E-state index contributed by atoms with van der Waals surface area (Å²) in [5.74, 6) is -0.953. The number of carboxylic acids is 1. The minimum absolute atomic E-state index is 0.0962. The highest BCUT2D eigenvalue weighted by atomic mass is 16.5. The predicted molar refractivity (Wildman–Crippen MR) is 81.6 cm³/mol. The summed E-state index contributed by atoms with van der Waals surface area (Å²) >= 11 is 0. The Balaban J connectivity index is 2.22. The van der Waals surface area contributed by atoms with E-state index in [0.29, 0.717) is 22.2 Å². The molecule has 3 rings (SSSR count). The summed E-state index contributed by atoms with van der Waals surface area (Å²) in [6, 6.07) is 13.8. The minimum atomic E-state index is -1.07. The van der Waals surface area contributed by atoms with Crippen LogP contribution in [0.25, 0.3) is 10.9 Å². The van der Waals surface area contributed by atoms with E-state index in [0.717, 1.165) is 0 Å². The van der Waals surface area contributed by atoms with Crippen LogP contribution in [-0.4, -0.2) is 28.7 Å². The molecule has 0 atom stereocenters. The molecule has 0 amide bonds. The second-order valence-electron chi connectivity index (χ2n) is 4.74. The number of carbonyl (C=O) groups is 2. The van der Waals surface area contributed by atoms with Crippen LogP contribution >= 0.6 is 0 Å². The van der Waals surface area contributed by atoms with Crippen molar-refractivity contribution in [2.45, 2.75) is 0 Å².